The summed E-state index contributed by atoms with van der Waals surface area (Å²) >= 11 is 0. The fourth-order valence-electron chi connectivity index (χ4n) is 3.39. The van der Waals surface area contributed by atoms with Crippen molar-refractivity contribution >= 4 is 5.78 Å². The third-order valence-electron chi connectivity index (χ3n) is 4.74. The summed E-state index contributed by atoms with van der Waals surface area (Å²) in [6.07, 6.45) is 6.72. The van der Waals surface area contributed by atoms with Crippen molar-refractivity contribution in [2.45, 2.75) is 52.4 Å². The molecule has 1 aliphatic carbocycles. The predicted molar refractivity (Wildman–Crippen MR) is 68.8 cm³/mol. The van der Waals surface area contributed by atoms with E-state index >= 15 is 0 Å². The zero-order valence-corrected chi connectivity index (χ0v) is 11.3. The first kappa shape index (κ1) is 13.1. The third-order valence-corrected chi connectivity index (χ3v) is 4.74. The molecule has 0 aromatic rings. The van der Waals surface area contributed by atoms with Gasteiger partial charge in [0.25, 0.3) is 0 Å². The normalized spacial score (nSPS) is 31.7. The first-order valence-electron chi connectivity index (χ1n) is 7.30. The monoisotopic (exact) mass is 238 g/mol. The van der Waals surface area contributed by atoms with Gasteiger partial charge in [0.05, 0.1) is 0 Å². The van der Waals surface area contributed by atoms with E-state index in [9.17, 15) is 4.79 Å². The van der Waals surface area contributed by atoms with E-state index in [-0.39, 0.29) is 0 Å². The molecule has 1 heterocycles. The largest absolute Gasteiger partial charge is 0.381 e. The van der Waals surface area contributed by atoms with E-state index < -0.39 is 0 Å². The lowest BCUT2D eigenvalue weighted by molar-refractivity contribution is -0.131. The van der Waals surface area contributed by atoms with Gasteiger partial charge in [-0.25, -0.2) is 0 Å². The van der Waals surface area contributed by atoms with Gasteiger partial charge in [-0.2, -0.15) is 0 Å². The zero-order valence-electron chi connectivity index (χ0n) is 11.3. The number of ether oxygens (including phenoxy) is 1. The number of carbonyl (C=O) groups is 1. The lowest BCUT2D eigenvalue weighted by atomic mass is 9.73. The highest BCUT2D eigenvalue weighted by Crippen LogP contribution is 2.35. The maximum absolute atomic E-state index is 12.4. The molecule has 0 amide bonds. The number of carbonyl (C=O) groups excluding carboxylic acids is 1. The first-order chi connectivity index (χ1) is 8.18. The average molecular weight is 238 g/mol. The highest BCUT2D eigenvalue weighted by Gasteiger charge is 2.32. The molecule has 0 bridgehead atoms. The topological polar surface area (TPSA) is 26.3 Å². The van der Waals surface area contributed by atoms with Crippen LogP contribution in [0.15, 0.2) is 0 Å². The van der Waals surface area contributed by atoms with Crippen molar-refractivity contribution in [2.75, 3.05) is 13.2 Å². The molecule has 0 aromatic heterocycles. The molecule has 0 N–H and O–H groups in total. The lowest BCUT2D eigenvalue weighted by Crippen LogP contribution is -2.32. The molecule has 2 nitrogen and oxygen atoms in total. The molecule has 2 rings (SSSR count). The van der Waals surface area contributed by atoms with Crippen LogP contribution in [0.4, 0.5) is 0 Å². The van der Waals surface area contributed by atoms with E-state index in [1.165, 1.54) is 12.8 Å². The quantitative estimate of drug-likeness (QED) is 0.753. The summed E-state index contributed by atoms with van der Waals surface area (Å²) in [5.41, 5.74) is 0. The average Bonchev–Trinajstić information content (AvgIpc) is 2.39. The van der Waals surface area contributed by atoms with Crippen LogP contribution in [0.25, 0.3) is 0 Å². The Bertz CT molecular complexity index is 246. The second kappa shape index (κ2) is 5.99. The minimum absolute atomic E-state index is 0.310. The van der Waals surface area contributed by atoms with Gasteiger partial charge in [0.2, 0.25) is 0 Å². The highest BCUT2D eigenvalue weighted by molar-refractivity contribution is 5.83. The minimum atomic E-state index is 0.310. The van der Waals surface area contributed by atoms with Crippen molar-refractivity contribution in [1.82, 2.24) is 0 Å². The second-order valence-corrected chi connectivity index (χ2v) is 6.14. The van der Waals surface area contributed by atoms with Gasteiger partial charge in [-0.3, -0.25) is 4.79 Å². The van der Waals surface area contributed by atoms with E-state index in [1.54, 1.807) is 0 Å². The summed E-state index contributed by atoms with van der Waals surface area (Å²) in [5.74, 6) is 2.87. The summed E-state index contributed by atoms with van der Waals surface area (Å²) in [6, 6.07) is 0. The van der Waals surface area contributed by atoms with Crippen molar-refractivity contribution in [2.24, 2.45) is 23.7 Å². The maximum atomic E-state index is 12.4. The summed E-state index contributed by atoms with van der Waals surface area (Å²) in [4.78, 5) is 12.4. The third kappa shape index (κ3) is 3.31. The number of hydrogen-bond acceptors (Lipinski definition) is 2. The van der Waals surface area contributed by atoms with Gasteiger partial charge in [-0.15, -0.1) is 0 Å². The number of Topliss-reactive ketones (excluding diaryl/α,β-unsaturated/α-hetero) is 1. The smallest absolute Gasteiger partial charge is 0.139 e. The van der Waals surface area contributed by atoms with Crippen molar-refractivity contribution < 1.29 is 9.53 Å². The minimum Gasteiger partial charge on any atom is -0.381 e. The lowest BCUT2D eigenvalue weighted by Gasteiger charge is -2.32. The van der Waals surface area contributed by atoms with Gasteiger partial charge < -0.3 is 4.74 Å². The Balaban J connectivity index is 1.81. The molecular weight excluding hydrogens is 212 g/mol. The van der Waals surface area contributed by atoms with E-state index in [1.807, 2.05) is 0 Å². The van der Waals surface area contributed by atoms with Crippen LogP contribution in [0.2, 0.25) is 0 Å². The SMILES string of the molecule is CC(C)C1CCC(C(=O)C2CCOCC2)CC1. The Labute approximate surface area is 105 Å². The van der Waals surface area contributed by atoms with E-state index in [0.29, 0.717) is 17.6 Å². The Hall–Kier alpha value is -0.370. The van der Waals surface area contributed by atoms with Crippen LogP contribution >= 0.6 is 0 Å². The molecular formula is C15H26O2. The van der Waals surface area contributed by atoms with Crippen LogP contribution in [0, 0.1) is 23.7 Å². The van der Waals surface area contributed by atoms with Crippen LogP contribution in [0.5, 0.6) is 0 Å². The Morgan fingerprint density at radius 2 is 1.47 bits per heavy atom. The number of rotatable bonds is 3. The van der Waals surface area contributed by atoms with Crippen LogP contribution in [0.1, 0.15) is 52.4 Å². The van der Waals surface area contributed by atoms with Crippen molar-refractivity contribution in [3.05, 3.63) is 0 Å². The van der Waals surface area contributed by atoms with Crippen molar-refractivity contribution in [3.63, 3.8) is 0 Å². The molecule has 1 aliphatic heterocycles. The molecule has 2 fully saturated rings. The molecule has 0 spiro atoms. The van der Waals surface area contributed by atoms with Gasteiger partial charge in [-0.05, 0) is 50.4 Å². The first-order valence-corrected chi connectivity index (χ1v) is 7.30. The van der Waals surface area contributed by atoms with Gasteiger partial charge in [-0.1, -0.05) is 13.8 Å². The van der Waals surface area contributed by atoms with Crippen LogP contribution in [-0.2, 0) is 9.53 Å². The van der Waals surface area contributed by atoms with Crippen molar-refractivity contribution in [1.29, 1.82) is 0 Å². The number of hydrogen-bond donors (Lipinski definition) is 0. The summed E-state index contributed by atoms with van der Waals surface area (Å²) in [5, 5.41) is 0. The van der Waals surface area contributed by atoms with E-state index in [4.69, 9.17) is 4.74 Å². The van der Waals surface area contributed by atoms with Crippen molar-refractivity contribution in [3.8, 4) is 0 Å². The van der Waals surface area contributed by atoms with Gasteiger partial charge in [0.1, 0.15) is 5.78 Å². The fourth-order valence-corrected chi connectivity index (χ4v) is 3.39. The molecule has 0 atom stereocenters. The van der Waals surface area contributed by atoms with E-state index in [0.717, 1.165) is 50.7 Å². The standard InChI is InChI=1S/C15H26O2/c1-11(2)12-3-5-13(6-4-12)15(16)14-7-9-17-10-8-14/h11-14H,3-10H2,1-2H3. The Morgan fingerprint density at radius 1 is 0.941 bits per heavy atom. The van der Waals surface area contributed by atoms with Gasteiger partial charge >= 0.3 is 0 Å². The maximum Gasteiger partial charge on any atom is 0.139 e. The molecule has 0 aromatic carbocycles. The van der Waals surface area contributed by atoms with Crippen LogP contribution < -0.4 is 0 Å². The summed E-state index contributed by atoms with van der Waals surface area (Å²) < 4.78 is 5.33. The predicted octanol–water partition coefficient (Wildman–Crippen LogP) is 3.44. The highest BCUT2D eigenvalue weighted by atomic mass is 16.5. The molecule has 2 aliphatic rings. The fraction of sp³-hybridized carbons (Fsp3) is 0.933. The van der Waals surface area contributed by atoms with E-state index in [2.05, 4.69) is 13.8 Å². The molecule has 17 heavy (non-hydrogen) atoms. The second-order valence-electron chi connectivity index (χ2n) is 6.14. The van der Waals surface area contributed by atoms with Gasteiger partial charge in [0.15, 0.2) is 0 Å². The number of ketones is 1. The Morgan fingerprint density at radius 3 is 2.00 bits per heavy atom. The molecule has 98 valence electrons. The summed E-state index contributed by atoms with van der Waals surface area (Å²) in [7, 11) is 0. The van der Waals surface area contributed by atoms with Crippen LogP contribution in [-0.4, -0.2) is 19.0 Å². The molecule has 0 unspecified atom stereocenters. The zero-order chi connectivity index (χ0) is 12.3. The molecule has 1 saturated heterocycles. The molecule has 0 radical (unpaired) electrons. The Kier molecular flexibility index (Phi) is 4.61. The van der Waals surface area contributed by atoms with Gasteiger partial charge in [0, 0.05) is 25.0 Å². The summed E-state index contributed by atoms with van der Waals surface area (Å²) in [6.45, 7) is 6.20. The molecule has 1 saturated carbocycles. The van der Waals surface area contributed by atoms with Crippen LogP contribution in [0.3, 0.4) is 0 Å². The molecule has 2 heteroatoms.